The van der Waals surface area contributed by atoms with Crippen molar-refractivity contribution in [1.29, 1.82) is 0 Å². The normalized spacial score (nSPS) is 32.8. The molecule has 0 amide bonds. The highest BCUT2D eigenvalue weighted by Crippen LogP contribution is 2.34. The second kappa shape index (κ2) is 11.1. The lowest BCUT2D eigenvalue weighted by Crippen LogP contribution is -2.13. The minimum absolute atomic E-state index is 0.885. The van der Waals surface area contributed by atoms with E-state index in [1.807, 2.05) is 0 Å². The molecular weight excluding hydrogens is 276 g/mol. The van der Waals surface area contributed by atoms with Crippen molar-refractivity contribution < 1.29 is 0 Å². The van der Waals surface area contributed by atoms with Crippen molar-refractivity contribution in [2.24, 2.45) is 23.7 Å². The molecule has 0 N–H and O–H groups in total. The third-order valence-electron chi connectivity index (χ3n) is 6.40. The maximum atomic E-state index is 2.52. The first-order valence-electron chi connectivity index (χ1n) is 10.6. The predicted octanol–water partition coefficient (Wildman–Crippen LogP) is 7.70. The van der Waals surface area contributed by atoms with Crippen LogP contribution < -0.4 is 0 Å². The van der Waals surface area contributed by atoms with Crippen LogP contribution in [0.3, 0.4) is 0 Å². The minimum Gasteiger partial charge on any atom is -0.0883 e. The van der Waals surface area contributed by atoms with Gasteiger partial charge in [-0.25, -0.2) is 0 Å². The first-order valence-corrected chi connectivity index (χ1v) is 10.6. The van der Waals surface area contributed by atoms with Crippen molar-refractivity contribution in [3.05, 3.63) is 24.3 Å². The summed E-state index contributed by atoms with van der Waals surface area (Å²) in [4.78, 5) is 0. The Morgan fingerprint density at radius 1 is 0.652 bits per heavy atom. The van der Waals surface area contributed by atoms with Gasteiger partial charge < -0.3 is 0 Å². The second-order valence-electron chi connectivity index (χ2n) is 8.24. The summed E-state index contributed by atoms with van der Waals surface area (Å²) in [5.41, 5.74) is 0. The van der Waals surface area contributed by atoms with E-state index in [0.717, 1.165) is 23.7 Å². The number of unbranched alkanes of at least 4 members (excludes halogenated alkanes) is 1. The van der Waals surface area contributed by atoms with Crippen molar-refractivity contribution in [1.82, 2.24) is 0 Å². The molecule has 0 spiro atoms. The quantitative estimate of drug-likeness (QED) is 0.402. The van der Waals surface area contributed by atoms with Crippen molar-refractivity contribution in [3.8, 4) is 0 Å². The molecule has 2 rings (SSSR count). The van der Waals surface area contributed by atoms with E-state index in [4.69, 9.17) is 0 Å². The lowest BCUT2D eigenvalue weighted by atomic mass is 9.79. The van der Waals surface area contributed by atoms with Crippen LogP contribution in [0, 0.1) is 23.7 Å². The molecule has 2 aliphatic rings. The topological polar surface area (TPSA) is 0 Å². The lowest BCUT2D eigenvalue weighted by molar-refractivity contribution is 0.270. The smallest absolute Gasteiger partial charge is 0.0233 e. The van der Waals surface area contributed by atoms with Gasteiger partial charge in [-0.1, -0.05) is 63.8 Å². The van der Waals surface area contributed by atoms with Gasteiger partial charge in [0.15, 0.2) is 0 Å². The molecule has 0 heterocycles. The largest absolute Gasteiger partial charge is 0.0883 e. The van der Waals surface area contributed by atoms with Gasteiger partial charge in [0.25, 0.3) is 0 Å². The Morgan fingerprint density at radius 3 is 1.70 bits per heavy atom. The van der Waals surface area contributed by atoms with Gasteiger partial charge in [-0.3, -0.25) is 0 Å². The average molecular weight is 317 g/mol. The zero-order valence-electron chi connectivity index (χ0n) is 15.8. The van der Waals surface area contributed by atoms with Gasteiger partial charge in [0.1, 0.15) is 0 Å². The Morgan fingerprint density at radius 2 is 1.17 bits per heavy atom. The standard InChI is InChI=1S/C23H40/c1-3-5-6-9-21-16-18-23(19-17-21)11-8-7-10-22-14-12-20(4-2)13-15-22/h6-9,20-23H,3-5,10-19H2,1-2H3. The van der Waals surface area contributed by atoms with Crippen LogP contribution in [0.15, 0.2) is 24.3 Å². The molecule has 0 radical (unpaired) electrons. The molecular formula is C23H40. The summed E-state index contributed by atoms with van der Waals surface area (Å²) in [6.45, 7) is 4.63. The predicted molar refractivity (Wildman–Crippen MR) is 104 cm³/mol. The third-order valence-corrected chi connectivity index (χ3v) is 6.40. The van der Waals surface area contributed by atoms with Gasteiger partial charge in [0.05, 0.1) is 0 Å². The molecule has 0 heteroatoms. The van der Waals surface area contributed by atoms with E-state index in [9.17, 15) is 0 Å². The minimum atomic E-state index is 0.885. The van der Waals surface area contributed by atoms with Gasteiger partial charge in [-0.2, -0.15) is 0 Å². The number of allylic oxidation sites excluding steroid dienone is 4. The van der Waals surface area contributed by atoms with Gasteiger partial charge in [0.2, 0.25) is 0 Å². The Kier molecular flexibility index (Phi) is 9.09. The summed E-state index contributed by atoms with van der Waals surface area (Å²) in [6, 6.07) is 0. The van der Waals surface area contributed by atoms with Crippen LogP contribution in [-0.4, -0.2) is 0 Å². The lowest BCUT2D eigenvalue weighted by Gasteiger charge is -2.27. The fourth-order valence-electron chi connectivity index (χ4n) is 4.52. The number of hydrogen-bond donors (Lipinski definition) is 0. The molecule has 23 heavy (non-hydrogen) atoms. The molecule has 0 aromatic heterocycles. The number of hydrogen-bond acceptors (Lipinski definition) is 0. The van der Waals surface area contributed by atoms with Crippen LogP contribution in [0.1, 0.15) is 97.3 Å². The highest BCUT2D eigenvalue weighted by Gasteiger charge is 2.20. The van der Waals surface area contributed by atoms with Crippen LogP contribution in [0.5, 0.6) is 0 Å². The van der Waals surface area contributed by atoms with Gasteiger partial charge in [0, 0.05) is 0 Å². The van der Waals surface area contributed by atoms with Crippen molar-refractivity contribution in [2.75, 3.05) is 0 Å². The Bertz CT molecular complexity index is 335. The van der Waals surface area contributed by atoms with Gasteiger partial charge in [-0.15, -0.1) is 0 Å². The van der Waals surface area contributed by atoms with Crippen molar-refractivity contribution >= 4 is 0 Å². The molecule has 0 aromatic rings. The molecule has 0 aromatic carbocycles. The fraction of sp³-hybridized carbons (Fsp3) is 0.826. The van der Waals surface area contributed by atoms with Crippen LogP contribution in [-0.2, 0) is 0 Å². The first kappa shape index (κ1) is 18.8. The zero-order chi connectivity index (χ0) is 16.3. The maximum Gasteiger partial charge on any atom is -0.0233 e. The summed E-state index contributed by atoms with van der Waals surface area (Å²) < 4.78 is 0. The molecule has 0 nitrogen and oxygen atoms in total. The molecule has 0 bridgehead atoms. The molecule has 132 valence electrons. The zero-order valence-corrected chi connectivity index (χ0v) is 15.8. The first-order chi connectivity index (χ1) is 11.3. The fourth-order valence-corrected chi connectivity index (χ4v) is 4.52. The highest BCUT2D eigenvalue weighted by molar-refractivity contribution is 4.93. The summed E-state index contributed by atoms with van der Waals surface area (Å²) in [5, 5.41) is 0. The SMILES string of the molecule is CCCC=CC1CCC(CC=CCC2CCC(CC)CC2)CC1. The van der Waals surface area contributed by atoms with Gasteiger partial charge >= 0.3 is 0 Å². The van der Waals surface area contributed by atoms with E-state index in [1.165, 1.54) is 83.5 Å². The van der Waals surface area contributed by atoms with E-state index in [1.54, 1.807) is 0 Å². The highest BCUT2D eigenvalue weighted by atomic mass is 14.3. The van der Waals surface area contributed by atoms with Crippen LogP contribution in [0.4, 0.5) is 0 Å². The van der Waals surface area contributed by atoms with E-state index < -0.39 is 0 Å². The second-order valence-corrected chi connectivity index (χ2v) is 8.24. The molecule has 0 saturated heterocycles. The van der Waals surface area contributed by atoms with Gasteiger partial charge in [-0.05, 0) is 81.5 Å². The van der Waals surface area contributed by atoms with E-state index in [-0.39, 0.29) is 0 Å². The third kappa shape index (κ3) is 7.27. The van der Waals surface area contributed by atoms with E-state index in [0.29, 0.717) is 0 Å². The van der Waals surface area contributed by atoms with E-state index >= 15 is 0 Å². The maximum absolute atomic E-state index is 2.52. The van der Waals surface area contributed by atoms with Crippen LogP contribution >= 0.6 is 0 Å². The molecule has 0 atom stereocenters. The Labute approximate surface area is 145 Å². The summed E-state index contributed by atoms with van der Waals surface area (Å²) in [7, 11) is 0. The molecule has 0 unspecified atom stereocenters. The average Bonchev–Trinajstić information content (AvgIpc) is 2.61. The van der Waals surface area contributed by atoms with E-state index in [2.05, 4.69) is 38.2 Å². The molecule has 0 aliphatic heterocycles. The molecule has 2 saturated carbocycles. The van der Waals surface area contributed by atoms with Crippen molar-refractivity contribution in [3.63, 3.8) is 0 Å². The number of rotatable bonds is 8. The monoisotopic (exact) mass is 316 g/mol. The Balaban J connectivity index is 1.55. The molecule has 2 fully saturated rings. The van der Waals surface area contributed by atoms with Crippen LogP contribution in [0.2, 0.25) is 0 Å². The molecule has 2 aliphatic carbocycles. The summed E-state index contributed by atoms with van der Waals surface area (Å²) in [6.07, 6.45) is 28.3. The van der Waals surface area contributed by atoms with Crippen molar-refractivity contribution in [2.45, 2.75) is 97.3 Å². The summed E-state index contributed by atoms with van der Waals surface area (Å²) >= 11 is 0. The Hall–Kier alpha value is -0.520. The summed E-state index contributed by atoms with van der Waals surface area (Å²) in [5.74, 6) is 3.89. The van der Waals surface area contributed by atoms with Crippen LogP contribution in [0.25, 0.3) is 0 Å².